The number of nitrogens with two attached hydrogens (primary N) is 1. The van der Waals surface area contributed by atoms with E-state index in [-0.39, 0.29) is 18.3 Å². The lowest BCUT2D eigenvalue weighted by Crippen LogP contribution is -2.40. The Kier molecular flexibility index (Phi) is 4.71. The Morgan fingerprint density at radius 3 is 2.61 bits per heavy atom. The van der Waals surface area contributed by atoms with Gasteiger partial charge in [-0.2, -0.15) is 10.4 Å². The van der Waals surface area contributed by atoms with E-state index in [1.807, 2.05) is 38.1 Å². The summed E-state index contributed by atoms with van der Waals surface area (Å²) in [4.78, 5) is 0. The summed E-state index contributed by atoms with van der Waals surface area (Å²) in [6.07, 6.45) is 1.72. The number of aromatic amines is 1. The molecule has 0 saturated heterocycles. The minimum atomic E-state index is -0.687. The van der Waals surface area contributed by atoms with Crippen LogP contribution in [0.25, 0.3) is 0 Å². The second-order valence-corrected chi connectivity index (χ2v) is 6.31. The first-order chi connectivity index (χ1) is 10.4. The molecule has 0 radical (unpaired) electrons. The number of anilines is 1. The van der Waals surface area contributed by atoms with Crippen molar-refractivity contribution >= 4 is 29.8 Å². The Hall–Kier alpha value is -2.00. The standard InChI is InChI=1S/C16H16ClN5.ClH/c1-16(2,19)14-10(7-18)13(9-5-3-4-6-12(9)17)11-8-20-22-15(11)21-14;/h3-6,8,13H,19H2,1-2H3,(H2,20,21,22);1H. The highest BCUT2D eigenvalue weighted by Crippen LogP contribution is 2.44. The van der Waals surface area contributed by atoms with Gasteiger partial charge in [0, 0.05) is 10.6 Å². The lowest BCUT2D eigenvalue weighted by atomic mass is 9.80. The number of benzene rings is 1. The third-order valence-corrected chi connectivity index (χ3v) is 4.11. The third kappa shape index (κ3) is 2.93. The predicted molar refractivity (Wildman–Crippen MR) is 93.7 cm³/mol. The van der Waals surface area contributed by atoms with Gasteiger partial charge in [0.1, 0.15) is 5.82 Å². The van der Waals surface area contributed by atoms with Gasteiger partial charge in [-0.15, -0.1) is 12.4 Å². The molecule has 0 amide bonds. The van der Waals surface area contributed by atoms with E-state index in [0.29, 0.717) is 16.3 Å². The van der Waals surface area contributed by atoms with E-state index in [2.05, 4.69) is 21.6 Å². The summed E-state index contributed by atoms with van der Waals surface area (Å²) in [6.45, 7) is 3.72. The average Bonchev–Trinajstić information content (AvgIpc) is 2.93. The summed E-state index contributed by atoms with van der Waals surface area (Å²) in [7, 11) is 0. The van der Waals surface area contributed by atoms with Crippen molar-refractivity contribution in [3.63, 3.8) is 0 Å². The van der Waals surface area contributed by atoms with Crippen molar-refractivity contribution in [3.8, 4) is 6.07 Å². The van der Waals surface area contributed by atoms with Gasteiger partial charge in [-0.05, 0) is 25.5 Å². The molecular formula is C16H17Cl2N5. The summed E-state index contributed by atoms with van der Waals surface area (Å²) >= 11 is 6.36. The van der Waals surface area contributed by atoms with Crippen LogP contribution in [0.1, 0.15) is 30.9 Å². The first-order valence-electron chi connectivity index (χ1n) is 6.92. The first-order valence-corrected chi connectivity index (χ1v) is 7.29. The van der Waals surface area contributed by atoms with Crippen LogP contribution in [-0.4, -0.2) is 15.7 Å². The molecule has 0 spiro atoms. The second-order valence-electron chi connectivity index (χ2n) is 5.90. The molecule has 0 bridgehead atoms. The third-order valence-electron chi connectivity index (χ3n) is 3.77. The van der Waals surface area contributed by atoms with Crippen molar-refractivity contribution in [3.05, 3.63) is 57.9 Å². The number of nitrogens with zero attached hydrogens (tertiary/aromatic N) is 2. The quantitative estimate of drug-likeness (QED) is 0.772. The van der Waals surface area contributed by atoms with Crippen LogP contribution in [0.2, 0.25) is 5.02 Å². The zero-order valence-corrected chi connectivity index (χ0v) is 14.3. The molecule has 1 aliphatic rings. The van der Waals surface area contributed by atoms with Gasteiger partial charge in [0.15, 0.2) is 0 Å². The molecule has 1 aromatic carbocycles. The molecule has 0 fully saturated rings. The molecular weight excluding hydrogens is 333 g/mol. The fourth-order valence-corrected chi connectivity index (χ4v) is 3.01. The second kappa shape index (κ2) is 6.25. The minimum Gasteiger partial charge on any atom is -0.341 e. The zero-order chi connectivity index (χ0) is 15.9. The average molecular weight is 350 g/mol. The summed E-state index contributed by atoms with van der Waals surface area (Å²) in [5.74, 6) is 0.462. The van der Waals surface area contributed by atoms with Crippen LogP contribution in [0.15, 0.2) is 41.7 Å². The van der Waals surface area contributed by atoms with Crippen LogP contribution >= 0.6 is 24.0 Å². The topological polar surface area (TPSA) is 90.5 Å². The summed E-state index contributed by atoms with van der Waals surface area (Å²) in [5, 5.41) is 20.6. The molecule has 5 nitrogen and oxygen atoms in total. The fourth-order valence-electron chi connectivity index (χ4n) is 2.77. The summed E-state index contributed by atoms with van der Waals surface area (Å²) in [5.41, 5.74) is 8.55. The lowest BCUT2D eigenvalue weighted by Gasteiger charge is -2.33. The monoisotopic (exact) mass is 349 g/mol. The molecule has 1 unspecified atom stereocenters. The lowest BCUT2D eigenvalue weighted by molar-refractivity contribution is 0.601. The Balaban J connectivity index is 0.00000192. The van der Waals surface area contributed by atoms with E-state index >= 15 is 0 Å². The Morgan fingerprint density at radius 1 is 1.30 bits per heavy atom. The summed E-state index contributed by atoms with van der Waals surface area (Å²) in [6, 6.07) is 9.82. The molecule has 120 valence electrons. The first kappa shape index (κ1) is 17.4. The molecule has 23 heavy (non-hydrogen) atoms. The van der Waals surface area contributed by atoms with Crippen molar-refractivity contribution in [2.75, 3.05) is 5.32 Å². The van der Waals surface area contributed by atoms with Crippen LogP contribution in [-0.2, 0) is 0 Å². The van der Waals surface area contributed by atoms with Gasteiger partial charge in [-0.1, -0.05) is 29.8 Å². The predicted octanol–water partition coefficient (Wildman–Crippen LogP) is 3.56. The molecule has 1 aromatic heterocycles. The molecule has 1 atom stereocenters. The van der Waals surface area contributed by atoms with Crippen molar-refractivity contribution < 1.29 is 0 Å². The van der Waals surface area contributed by atoms with Crippen molar-refractivity contribution in [2.24, 2.45) is 5.73 Å². The number of aromatic nitrogens is 2. The smallest absolute Gasteiger partial charge is 0.129 e. The van der Waals surface area contributed by atoms with Crippen LogP contribution in [0.5, 0.6) is 0 Å². The van der Waals surface area contributed by atoms with Gasteiger partial charge in [0.2, 0.25) is 0 Å². The van der Waals surface area contributed by atoms with Gasteiger partial charge < -0.3 is 11.1 Å². The normalized spacial score (nSPS) is 16.9. The number of hydrogen-bond acceptors (Lipinski definition) is 4. The number of nitriles is 1. The Morgan fingerprint density at radius 2 is 2.00 bits per heavy atom. The molecule has 1 aliphatic heterocycles. The van der Waals surface area contributed by atoms with Gasteiger partial charge in [-0.3, -0.25) is 5.10 Å². The highest BCUT2D eigenvalue weighted by atomic mass is 35.5. The largest absolute Gasteiger partial charge is 0.341 e. The Bertz CT molecular complexity index is 795. The number of nitrogens with one attached hydrogen (secondary N) is 2. The van der Waals surface area contributed by atoms with Crippen molar-refractivity contribution in [2.45, 2.75) is 25.3 Å². The maximum atomic E-state index is 9.73. The maximum Gasteiger partial charge on any atom is 0.129 e. The van der Waals surface area contributed by atoms with Crippen LogP contribution in [0.4, 0.5) is 5.82 Å². The van der Waals surface area contributed by atoms with E-state index in [4.69, 9.17) is 17.3 Å². The number of allylic oxidation sites excluding steroid dienone is 1. The maximum absolute atomic E-state index is 9.73. The number of halogens is 2. The minimum absolute atomic E-state index is 0. The number of fused-ring (bicyclic) bond motifs is 1. The molecule has 2 aromatic rings. The summed E-state index contributed by atoms with van der Waals surface area (Å²) < 4.78 is 0. The molecule has 0 aliphatic carbocycles. The zero-order valence-electron chi connectivity index (χ0n) is 12.7. The molecule has 3 rings (SSSR count). The van der Waals surface area contributed by atoms with E-state index in [0.717, 1.165) is 16.9 Å². The van der Waals surface area contributed by atoms with Crippen LogP contribution in [0.3, 0.4) is 0 Å². The van der Waals surface area contributed by atoms with Gasteiger partial charge in [0.05, 0.1) is 35.0 Å². The highest BCUT2D eigenvalue weighted by molar-refractivity contribution is 6.31. The van der Waals surface area contributed by atoms with Gasteiger partial charge in [0.25, 0.3) is 0 Å². The number of rotatable bonds is 2. The van der Waals surface area contributed by atoms with Crippen LogP contribution in [0, 0.1) is 11.3 Å². The van der Waals surface area contributed by atoms with Gasteiger partial charge >= 0.3 is 0 Å². The molecule has 7 heteroatoms. The van der Waals surface area contributed by atoms with E-state index < -0.39 is 5.54 Å². The number of H-pyrrole nitrogens is 1. The van der Waals surface area contributed by atoms with Crippen molar-refractivity contribution in [1.29, 1.82) is 5.26 Å². The van der Waals surface area contributed by atoms with Gasteiger partial charge in [-0.25, -0.2) is 0 Å². The van der Waals surface area contributed by atoms with E-state index in [1.165, 1.54) is 0 Å². The van der Waals surface area contributed by atoms with E-state index in [1.54, 1.807) is 6.20 Å². The molecule has 2 heterocycles. The molecule has 0 saturated carbocycles. The Labute approximate surface area is 145 Å². The van der Waals surface area contributed by atoms with Crippen LogP contribution < -0.4 is 11.1 Å². The van der Waals surface area contributed by atoms with Crippen molar-refractivity contribution in [1.82, 2.24) is 10.2 Å². The SMILES string of the molecule is CC(C)(N)C1=C(C#N)C(c2ccccc2Cl)c2cn[nH]c2N1.Cl. The fraction of sp³-hybridized carbons (Fsp3) is 0.250. The molecule has 4 N–H and O–H groups in total. The van der Waals surface area contributed by atoms with E-state index in [9.17, 15) is 5.26 Å². The highest BCUT2D eigenvalue weighted by Gasteiger charge is 2.36. The number of hydrogen-bond donors (Lipinski definition) is 3.